The third kappa shape index (κ3) is 4.96. The normalized spacial score (nSPS) is 20.7. The Morgan fingerprint density at radius 2 is 1.95 bits per heavy atom. The number of hydrogen-bond acceptors (Lipinski definition) is 2. The summed E-state index contributed by atoms with van der Waals surface area (Å²) in [5, 5.41) is 2.22. The molecule has 0 amide bonds. The molecule has 1 heterocycles. The minimum atomic E-state index is 0.947. The van der Waals surface area contributed by atoms with Crippen LogP contribution in [0.15, 0.2) is 29.2 Å². The molecule has 0 unspecified atom stereocenters. The summed E-state index contributed by atoms with van der Waals surface area (Å²) >= 11 is 1.91. The van der Waals surface area contributed by atoms with E-state index in [9.17, 15) is 0 Å². The lowest BCUT2D eigenvalue weighted by molar-refractivity contribution is 0.206. The standard InChI is InChI=1S/C19H29NS/c1-3-8-17(9-4-1)14-20(16-19-12-7-13-21-19)15-18-10-5-2-6-11-18/h7-8,12-13,18H,1-6,9-11,14-16H2. The Labute approximate surface area is 134 Å². The molecule has 1 nitrogen and oxygen atoms in total. The van der Waals surface area contributed by atoms with Gasteiger partial charge in [0.25, 0.3) is 0 Å². The van der Waals surface area contributed by atoms with E-state index in [-0.39, 0.29) is 0 Å². The fourth-order valence-corrected chi connectivity index (χ4v) is 4.62. The summed E-state index contributed by atoms with van der Waals surface area (Å²) in [4.78, 5) is 4.26. The Balaban J connectivity index is 1.59. The van der Waals surface area contributed by atoms with E-state index in [0.717, 1.165) is 12.5 Å². The maximum atomic E-state index is 2.74. The van der Waals surface area contributed by atoms with Gasteiger partial charge in [0.15, 0.2) is 0 Å². The molecule has 1 aromatic heterocycles. The SMILES string of the molecule is C1=C(CN(Cc2cccs2)CC2CCCCC2)CCCC1. The summed E-state index contributed by atoms with van der Waals surface area (Å²) in [6, 6.07) is 4.49. The first-order valence-corrected chi connectivity index (χ1v) is 9.71. The number of nitrogens with zero attached hydrogens (tertiary/aromatic N) is 1. The van der Waals surface area contributed by atoms with Gasteiger partial charge >= 0.3 is 0 Å². The highest BCUT2D eigenvalue weighted by atomic mass is 32.1. The van der Waals surface area contributed by atoms with E-state index in [0.29, 0.717) is 0 Å². The van der Waals surface area contributed by atoms with E-state index in [4.69, 9.17) is 0 Å². The van der Waals surface area contributed by atoms with Crippen molar-refractivity contribution in [1.29, 1.82) is 0 Å². The molecule has 2 heteroatoms. The molecule has 0 N–H and O–H groups in total. The lowest BCUT2D eigenvalue weighted by atomic mass is 9.88. The molecule has 0 radical (unpaired) electrons. The molecular formula is C19H29NS. The molecular weight excluding hydrogens is 274 g/mol. The zero-order chi connectivity index (χ0) is 14.3. The Kier molecular flexibility index (Phi) is 5.93. The summed E-state index contributed by atoms with van der Waals surface area (Å²) in [5.41, 5.74) is 1.70. The van der Waals surface area contributed by atoms with Gasteiger partial charge < -0.3 is 0 Å². The van der Waals surface area contributed by atoms with Crippen molar-refractivity contribution in [3.8, 4) is 0 Å². The van der Waals surface area contributed by atoms with Crippen LogP contribution in [0, 0.1) is 5.92 Å². The third-order valence-electron chi connectivity index (χ3n) is 5.01. The fourth-order valence-electron chi connectivity index (χ4n) is 3.88. The molecule has 0 aromatic carbocycles. The van der Waals surface area contributed by atoms with Crippen molar-refractivity contribution < 1.29 is 0 Å². The van der Waals surface area contributed by atoms with Gasteiger partial charge in [-0.3, -0.25) is 4.90 Å². The molecule has 0 bridgehead atoms. The van der Waals surface area contributed by atoms with Crippen molar-refractivity contribution in [3.05, 3.63) is 34.0 Å². The van der Waals surface area contributed by atoms with E-state index in [1.54, 1.807) is 5.57 Å². The maximum absolute atomic E-state index is 2.74. The van der Waals surface area contributed by atoms with Gasteiger partial charge in [-0.1, -0.05) is 37.0 Å². The molecule has 2 aliphatic rings. The quantitative estimate of drug-likeness (QED) is 0.615. The van der Waals surface area contributed by atoms with Crippen LogP contribution in [0.25, 0.3) is 0 Å². The maximum Gasteiger partial charge on any atom is 0.0331 e. The van der Waals surface area contributed by atoms with Crippen LogP contribution < -0.4 is 0 Å². The van der Waals surface area contributed by atoms with Crippen LogP contribution in [0.3, 0.4) is 0 Å². The van der Waals surface area contributed by atoms with Crippen molar-refractivity contribution in [3.63, 3.8) is 0 Å². The zero-order valence-electron chi connectivity index (χ0n) is 13.2. The molecule has 2 aliphatic carbocycles. The van der Waals surface area contributed by atoms with Crippen LogP contribution in [-0.2, 0) is 6.54 Å². The van der Waals surface area contributed by atoms with Crippen LogP contribution >= 0.6 is 11.3 Å². The molecule has 3 rings (SSSR count). The molecule has 0 atom stereocenters. The Hall–Kier alpha value is -0.600. The number of allylic oxidation sites excluding steroid dienone is 1. The Morgan fingerprint density at radius 3 is 2.67 bits per heavy atom. The highest BCUT2D eigenvalue weighted by molar-refractivity contribution is 7.09. The summed E-state index contributed by atoms with van der Waals surface area (Å²) in [7, 11) is 0. The molecule has 1 saturated carbocycles. The second-order valence-corrected chi connectivity index (χ2v) is 7.89. The van der Waals surface area contributed by atoms with Crippen LogP contribution in [0.4, 0.5) is 0 Å². The zero-order valence-corrected chi connectivity index (χ0v) is 14.0. The van der Waals surface area contributed by atoms with Gasteiger partial charge in [-0.2, -0.15) is 0 Å². The van der Waals surface area contributed by atoms with Gasteiger partial charge in [0.05, 0.1) is 0 Å². The van der Waals surface area contributed by atoms with Crippen LogP contribution in [0.2, 0.25) is 0 Å². The first-order valence-electron chi connectivity index (χ1n) is 8.83. The summed E-state index contributed by atoms with van der Waals surface area (Å²) in [6.45, 7) is 3.69. The smallest absolute Gasteiger partial charge is 0.0331 e. The monoisotopic (exact) mass is 303 g/mol. The van der Waals surface area contributed by atoms with Gasteiger partial charge in [-0.05, 0) is 55.9 Å². The molecule has 1 fully saturated rings. The van der Waals surface area contributed by atoms with Crippen LogP contribution in [-0.4, -0.2) is 18.0 Å². The minimum absolute atomic E-state index is 0.947. The van der Waals surface area contributed by atoms with Gasteiger partial charge in [-0.15, -0.1) is 11.3 Å². The van der Waals surface area contributed by atoms with Crippen molar-refractivity contribution in [1.82, 2.24) is 4.90 Å². The highest BCUT2D eigenvalue weighted by Crippen LogP contribution is 2.27. The second-order valence-electron chi connectivity index (χ2n) is 6.86. The van der Waals surface area contributed by atoms with Crippen molar-refractivity contribution in [2.24, 2.45) is 5.92 Å². The Morgan fingerprint density at radius 1 is 1.05 bits per heavy atom. The van der Waals surface area contributed by atoms with E-state index in [2.05, 4.69) is 28.5 Å². The predicted molar refractivity (Wildman–Crippen MR) is 92.7 cm³/mol. The fraction of sp³-hybridized carbons (Fsp3) is 0.684. The topological polar surface area (TPSA) is 3.24 Å². The first kappa shape index (κ1) is 15.3. The van der Waals surface area contributed by atoms with E-state index >= 15 is 0 Å². The van der Waals surface area contributed by atoms with Gasteiger partial charge in [0.1, 0.15) is 0 Å². The summed E-state index contributed by atoms with van der Waals surface area (Å²) in [5.74, 6) is 0.947. The van der Waals surface area contributed by atoms with E-state index in [1.807, 2.05) is 11.3 Å². The van der Waals surface area contributed by atoms with Crippen LogP contribution in [0.5, 0.6) is 0 Å². The molecule has 0 aliphatic heterocycles. The molecule has 0 saturated heterocycles. The van der Waals surface area contributed by atoms with Crippen LogP contribution in [0.1, 0.15) is 62.7 Å². The van der Waals surface area contributed by atoms with Crippen molar-refractivity contribution >= 4 is 11.3 Å². The van der Waals surface area contributed by atoms with E-state index in [1.165, 1.54) is 75.8 Å². The number of hydrogen-bond donors (Lipinski definition) is 0. The molecule has 0 spiro atoms. The molecule has 21 heavy (non-hydrogen) atoms. The number of thiophene rings is 1. The predicted octanol–water partition coefficient (Wildman–Crippen LogP) is 5.63. The largest absolute Gasteiger partial charge is 0.294 e. The molecule has 1 aromatic rings. The lowest BCUT2D eigenvalue weighted by Gasteiger charge is -2.30. The third-order valence-corrected chi connectivity index (χ3v) is 5.87. The summed E-state index contributed by atoms with van der Waals surface area (Å²) < 4.78 is 0. The van der Waals surface area contributed by atoms with Crippen molar-refractivity contribution in [2.45, 2.75) is 64.3 Å². The van der Waals surface area contributed by atoms with Crippen molar-refractivity contribution in [2.75, 3.05) is 13.1 Å². The summed E-state index contributed by atoms with van der Waals surface area (Å²) in [6.07, 6.45) is 15.3. The number of rotatable bonds is 6. The first-order chi connectivity index (χ1) is 10.4. The van der Waals surface area contributed by atoms with E-state index < -0.39 is 0 Å². The highest BCUT2D eigenvalue weighted by Gasteiger charge is 2.19. The average molecular weight is 304 g/mol. The Bertz CT molecular complexity index is 428. The lowest BCUT2D eigenvalue weighted by Crippen LogP contribution is -2.32. The van der Waals surface area contributed by atoms with Gasteiger partial charge in [-0.25, -0.2) is 0 Å². The van der Waals surface area contributed by atoms with Gasteiger partial charge in [0, 0.05) is 24.5 Å². The minimum Gasteiger partial charge on any atom is -0.294 e. The average Bonchev–Trinajstić information content (AvgIpc) is 3.02. The van der Waals surface area contributed by atoms with Gasteiger partial charge in [0.2, 0.25) is 0 Å². The molecule has 116 valence electrons. The second kappa shape index (κ2) is 8.14.